The number of aromatic nitrogens is 1. The number of pyridine rings is 1. The van der Waals surface area contributed by atoms with Crippen LogP contribution in [0.3, 0.4) is 0 Å². The molecule has 0 amide bonds. The van der Waals surface area contributed by atoms with Crippen molar-refractivity contribution in [2.75, 3.05) is 13.1 Å². The third kappa shape index (κ3) is 5.36. The van der Waals surface area contributed by atoms with Crippen LogP contribution in [0, 0.1) is 6.92 Å². The lowest BCUT2D eigenvalue weighted by atomic mass is 9.91. The van der Waals surface area contributed by atoms with Crippen molar-refractivity contribution in [3.63, 3.8) is 0 Å². The number of aliphatic imine (C=N–C) groups is 1. The van der Waals surface area contributed by atoms with Crippen molar-refractivity contribution in [3.8, 4) is 0 Å². The molecule has 0 spiro atoms. The molecule has 0 bridgehead atoms. The topological polar surface area (TPSA) is 49.3 Å². The minimum absolute atomic E-state index is 0.0753. The molecule has 0 saturated heterocycles. The van der Waals surface area contributed by atoms with Crippen LogP contribution in [-0.4, -0.2) is 24.0 Å². The Kier molecular flexibility index (Phi) is 6.16. The third-order valence-corrected chi connectivity index (χ3v) is 4.81. The third-order valence-electron chi connectivity index (χ3n) is 3.58. The van der Waals surface area contributed by atoms with E-state index in [0.717, 1.165) is 30.4 Å². The summed E-state index contributed by atoms with van der Waals surface area (Å²) in [6.45, 7) is 10.8. The average molecular weight is 331 g/mol. The number of hydrogen-bond acceptors (Lipinski definition) is 3. The molecule has 2 heterocycles. The van der Waals surface area contributed by atoms with Gasteiger partial charge in [0.2, 0.25) is 0 Å². The molecular weight excluding hydrogens is 304 g/mol. The molecule has 0 fully saturated rings. The zero-order chi connectivity index (χ0) is 16.7. The molecule has 2 aromatic heterocycles. The smallest absolute Gasteiger partial charge is 0.191 e. The maximum atomic E-state index is 4.64. The highest BCUT2D eigenvalue weighted by atomic mass is 32.1. The van der Waals surface area contributed by atoms with E-state index >= 15 is 0 Å². The Morgan fingerprint density at radius 1 is 1.22 bits per heavy atom. The summed E-state index contributed by atoms with van der Waals surface area (Å²) in [7, 11) is 0. The van der Waals surface area contributed by atoms with Gasteiger partial charge >= 0.3 is 0 Å². The van der Waals surface area contributed by atoms with Crippen molar-refractivity contribution in [2.45, 2.75) is 39.7 Å². The first-order chi connectivity index (χ1) is 11.0. The van der Waals surface area contributed by atoms with E-state index < -0.39 is 0 Å². The van der Waals surface area contributed by atoms with Crippen molar-refractivity contribution in [1.82, 2.24) is 15.6 Å². The van der Waals surface area contributed by atoms with E-state index in [4.69, 9.17) is 0 Å². The van der Waals surface area contributed by atoms with Crippen molar-refractivity contribution in [1.29, 1.82) is 0 Å². The van der Waals surface area contributed by atoms with Crippen LogP contribution in [-0.2, 0) is 12.0 Å². The van der Waals surface area contributed by atoms with Crippen molar-refractivity contribution in [2.24, 2.45) is 4.99 Å². The van der Waals surface area contributed by atoms with E-state index in [1.807, 2.05) is 25.1 Å². The molecule has 0 saturated carbocycles. The quantitative estimate of drug-likeness (QED) is 0.630. The van der Waals surface area contributed by atoms with Gasteiger partial charge in [0.25, 0.3) is 0 Å². The zero-order valence-electron chi connectivity index (χ0n) is 14.4. The Morgan fingerprint density at radius 3 is 2.70 bits per heavy atom. The van der Waals surface area contributed by atoms with Crippen LogP contribution in [0.2, 0.25) is 0 Å². The van der Waals surface area contributed by atoms with Crippen molar-refractivity contribution >= 4 is 17.3 Å². The molecular formula is C18H26N4S. The van der Waals surface area contributed by atoms with Crippen LogP contribution < -0.4 is 10.6 Å². The van der Waals surface area contributed by atoms with Gasteiger partial charge in [-0.25, -0.2) is 4.99 Å². The van der Waals surface area contributed by atoms with Gasteiger partial charge in [-0.05, 0) is 37.4 Å². The summed E-state index contributed by atoms with van der Waals surface area (Å²) in [5, 5.41) is 8.88. The van der Waals surface area contributed by atoms with Crippen molar-refractivity contribution < 1.29 is 0 Å². The maximum Gasteiger partial charge on any atom is 0.191 e. The molecule has 0 unspecified atom stereocenters. The highest BCUT2D eigenvalue weighted by Crippen LogP contribution is 2.26. The molecule has 23 heavy (non-hydrogen) atoms. The van der Waals surface area contributed by atoms with E-state index in [1.165, 1.54) is 4.88 Å². The molecule has 0 aliphatic carbocycles. The molecule has 2 aromatic rings. The van der Waals surface area contributed by atoms with Gasteiger partial charge < -0.3 is 10.6 Å². The SMILES string of the molecule is CCNC(=NCc1cccc(C)n1)NCC(C)(C)c1cccs1. The second-order valence-corrected chi connectivity index (χ2v) is 7.13. The number of aryl methyl sites for hydroxylation is 1. The number of hydrogen-bond donors (Lipinski definition) is 2. The second kappa shape index (κ2) is 8.11. The van der Waals surface area contributed by atoms with Crippen LogP contribution in [0.15, 0.2) is 40.7 Å². The average Bonchev–Trinajstić information content (AvgIpc) is 3.05. The van der Waals surface area contributed by atoms with Crippen LogP contribution in [0.5, 0.6) is 0 Å². The van der Waals surface area contributed by atoms with Crippen LogP contribution in [0.25, 0.3) is 0 Å². The largest absolute Gasteiger partial charge is 0.357 e. The number of rotatable bonds is 6. The van der Waals surface area contributed by atoms with E-state index in [0.29, 0.717) is 6.54 Å². The highest BCUT2D eigenvalue weighted by Gasteiger charge is 2.21. The van der Waals surface area contributed by atoms with Gasteiger partial charge in [0.15, 0.2) is 5.96 Å². The molecule has 0 aliphatic rings. The predicted octanol–water partition coefficient (Wildman–Crippen LogP) is 3.48. The fraction of sp³-hybridized carbons (Fsp3) is 0.444. The molecule has 124 valence electrons. The summed E-state index contributed by atoms with van der Waals surface area (Å²) in [5.41, 5.74) is 2.08. The normalized spacial score (nSPS) is 12.3. The molecule has 5 heteroatoms. The van der Waals surface area contributed by atoms with Gasteiger partial charge in [0.05, 0.1) is 12.2 Å². The first kappa shape index (κ1) is 17.5. The van der Waals surface area contributed by atoms with E-state index in [2.05, 4.69) is 58.9 Å². The highest BCUT2D eigenvalue weighted by molar-refractivity contribution is 7.10. The first-order valence-corrected chi connectivity index (χ1v) is 8.88. The monoisotopic (exact) mass is 330 g/mol. The molecule has 4 nitrogen and oxygen atoms in total. The van der Waals surface area contributed by atoms with E-state index in [-0.39, 0.29) is 5.41 Å². The molecule has 2 N–H and O–H groups in total. The summed E-state index contributed by atoms with van der Waals surface area (Å²) in [6.07, 6.45) is 0. The Hall–Kier alpha value is -1.88. The number of nitrogens with zero attached hydrogens (tertiary/aromatic N) is 2. The lowest BCUT2D eigenvalue weighted by molar-refractivity contribution is 0.518. The molecule has 0 radical (unpaired) electrons. The lowest BCUT2D eigenvalue weighted by Gasteiger charge is -2.25. The minimum atomic E-state index is 0.0753. The minimum Gasteiger partial charge on any atom is -0.357 e. The molecule has 0 aliphatic heterocycles. The lowest BCUT2D eigenvalue weighted by Crippen LogP contribution is -2.43. The van der Waals surface area contributed by atoms with Crippen LogP contribution >= 0.6 is 11.3 Å². The second-order valence-electron chi connectivity index (χ2n) is 6.18. The van der Waals surface area contributed by atoms with Gasteiger partial charge in [-0.15, -0.1) is 11.3 Å². The number of nitrogens with one attached hydrogen (secondary N) is 2. The van der Waals surface area contributed by atoms with Crippen LogP contribution in [0.4, 0.5) is 0 Å². The summed E-state index contributed by atoms with van der Waals surface area (Å²) < 4.78 is 0. The summed E-state index contributed by atoms with van der Waals surface area (Å²) in [5.74, 6) is 0.834. The first-order valence-electron chi connectivity index (χ1n) is 8.00. The van der Waals surface area contributed by atoms with Crippen LogP contribution in [0.1, 0.15) is 37.0 Å². The predicted molar refractivity (Wildman–Crippen MR) is 99.1 cm³/mol. The maximum absolute atomic E-state index is 4.64. The standard InChI is InChI=1S/C18H26N4S/c1-5-19-17(20-12-15-9-6-8-14(2)22-15)21-13-18(3,4)16-10-7-11-23-16/h6-11H,5,12-13H2,1-4H3,(H2,19,20,21). The number of thiophene rings is 1. The Bertz CT molecular complexity index is 632. The summed E-state index contributed by atoms with van der Waals surface area (Å²) >= 11 is 1.80. The summed E-state index contributed by atoms with van der Waals surface area (Å²) in [4.78, 5) is 10.5. The van der Waals surface area contributed by atoms with Crippen molar-refractivity contribution in [3.05, 3.63) is 52.0 Å². The van der Waals surface area contributed by atoms with E-state index in [1.54, 1.807) is 11.3 Å². The fourth-order valence-corrected chi connectivity index (χ4v) is 3.10. The Balaban J connectivity index is 1.99. The Morgan fingerprint density at radius 2 is 2.04 bits per heavy atom. The Labute approximate surface area is 143 Å². The van der Waals surface area contributed by atoms with Gasteiger partial charge in [-0.2, -0.15) is 0 Å². The summed E-state index contributed by atoms with van der Waals surface area (Å²) in [6, 6.07) is 10.3. The molecule has 2 rings (SSSR count). The van der Waals surface area contributed by atoms with Gasteiger partial charge in [-0.1, -0.05) is 26.0 Å². The molecule has 0 atom stereocenters. The molecule has 0 aromatic carbocycles. The van der Waals surface area contributed by atoms with Gasteiger partial charge in [-0.3, -0.25) is 4.98 Å². The zero-order valence-corrected chi connectivity index (χ0v) is 15.2. The van der Waals surface area contributed by atoms with E-state index in [9.17, 15) is 0 Å². The van der Waals surface area contributed by atoms with Gasteiger partial charge in [0, 0.05) is 29.1 Å². The number of guanidine groups is 1. The fourth-order valence-electron chi connectivity index (χ4n) is 2.24. The van der Waals surface area contributed by atoms with Gasteiger partial charge in [0.1, 0.15) is 0 Å².